The van der Waals surface area contributed by atoms with Gasteiger partial charge in [0.05, 0.1) is 12.1 Å². The lowest BCUT2D eigenvalue weighted by molar-refractivity contribution is -0.274. The molecule has 3 aliphatic heterocycles. The van der Waals surface area contributed by atoms with Crippen molar-refractivity contribution >= 4 is 11.9 Å². The van der Waals surface area contributed by atoms with Gasteiger partial charge in [0.1, 0.15) is 12.4 Å². The molecule has 3 saturated heterocycles. The summed E-state index contributed by atoms with van der Waals surface area (Å²) in [6.45, 7) is 1.96. The van der Waals surface area contributed by atoms with E-state index in [-0.39, 0.29) is 42.4 Å². The maximum Gasteiger partial charge on any atom is 0.573 e. The maximum absolute atomic E-state index is 12.9. The van der Waals surface area contributed by atoms with E-state index in [4.69, 9.17) is 4.74 Å². The van der Waals surface area contributed by atoms with Gasteiger partial charge in [0.25, 0.3) is 0 Å². The number of ether oxygens (including phenoxy) is 2. The van der Waals surface area contributed by atoms with Crippen LogP contribution in [0, 0.1) is 0 Å². The molecule has 1 aromatic rings. The van der Waals surface area contributed by atoms with Crippen LogP contribution in [0.5, 0.6) is 5.75 Å². The molecular weight excluding hydrogens is 391 g/mol. The number of likely N-dealkylation sites (tertiary alicyclic amines) is 2. The summed E-state index contributed by atoms with van der Waals surface area (Å²) in [6, 6.07) is 5.60. The Morgan fingerprint density at radius 2 is 1.93 bits per heavy atom. The molecule has 0 bridgehead atoms. The first-order valence-electron chi connectivity index (χ1n) is 9.59. The molecule has 158 valence electrons. The van der Waals surface area contributed by atoms with E-state index in [2.05, 4.69) is 10.1 Å². The number of fused-ring (bicyclic) bond motifs is 1. The summed E-state index contributed by atoms with van der Waals surface area (Å²) in [5.74, 6) is -0.483. The topological polar surface area (TPSA) is 71.1 Å². The van der Waals surface area contributed by atoms with Crippen LogP contribution in [0.2, 0.25) is 0 Å². The number of benzene rings is 1. The van der Waals surface area contributed by atoms with Gasteiger partial charge in [-0.2, -0.15) is 0 Å². The highest BCUT2D eigenvalue weighted by Crippen LogP contribution is 2.32. The van der Waals surface area contributed by atoms with Gasteiger partial charge in [0.2, 0.25) is 5.91 Å². The average molecular weight is 413 g/mol. The van der Waals surface area contributed by atoms with Crippen LogP contribution < -0.4 is 10.1 Å². The monoisotopic (exact) mass is 413 g/mol. The number of nitrogens with one attached hydrogen (secondary N) is 1. The number of morpholine rings is 1. The molecule has 3 fully saturated rings. The molecule has 4 rings (SSSR count). The zero-order valence-corrected chi connectivity index (χ0v) is 15.7. The van der Waals surface area contributed by atoms with Crippen molar-refractivity contribution in [2.24, 2.45) is 0 Å². The number of amides is 3. The Morgan fingerprint density at radius 1 is 1.17 bits per heavy atom. The number of piperidine rings is 1. The van der Waals surface area contributed by atoms with E-state index >= 15 is 0 Å². The van der Waals surface area contributed by atoms with Gasteiger partial charge in [0.15, 0.2) is 0 Å². The van der Waals surface area contributed by atoms with E-state index in [0.29, 0.717) is 44.6 Å². The van der Waals surface area contributed by atoms with Crippen molar-refractivity contribution in [2.45, 2.75) is 37.3 Å². The number of carbonyl (C=O) groups is 2. The number of hydrogen-bond donors (Lipinski definition) is 1. The summed E-state index contributed by atoms with van der Waals surface area (Å²) in [4.78, 5) is 27.9. The van der Waals surface area contributed by atoms with Gasteiger partial charge in [0, 0.05) is 32.1 Å². The van der Waals surface area contributed by atoms with Crippen LogP contribution >= 0.6 is 0 Å². The molecule has 1 N–H and O–H groups in total. The summed E-state index contributed by atoms with van der Waals surface area (Å²) in [5, 5.41) is 2.87. The highest BCUT2D eigenvalue weighted by atomic mass is 19.4. The molecule has 0 spiro atoms. The van der Waals surface area contributed by atoms with Crippen molar-refractivity contribution in [1.29, 1.82) is 0 Å². The SMILES string of the molecule is O=C1COC2CCN(C(=O)N3CCC(c4cccc(OC(F)(F)F)c4)C3)CC2N1. The van der Waals surface area contributed by atoms with Crippen LogP contribution in [-0.4, -0.2) is 73.0 Å². The molecule has 3 aliphatic rings. The van der Waals surface area contributed by atoms with E-state index in [1.165, 1.54) is 18.2 Å². The lowest BCUT2D eigenvalue weighted by atomic mass is 9.98. The highest BCUT2D eigenvalue weighted by molar-refractivity contribution is 5.79. The van der Waals surface area contributed by atoms with Crippen molar-refractivity contribution in [3.8, 4) is 5.75 Å². The zero-order chi connectivity index (χ0) is 20.6. The first kappa shape index (κ1) is 19.8. The number of rotatable bonds is 2. The third-order valence-corrected chi connectivity index (χ3v) is 5.62. The molecule has 0 saturated carbocycles. The second-order valence-corrected chi connectivity index (χ2v) is 7.59. The van der Waals surface area contributed by atoms with Gasteiger partial charge >= 0.3 is 12.4 Å². The number of urea groups is 1. The van der Waals surface area contributed by atoms with Crippen LogP contribution in [0.25, 0.3) is 0 Å². The minimum Gasteiger partial charge on any atom is -0.406 e. The smallest absolute Gasteiger partial charge is 0.406 e. The normalized spacial score (nSPS) is 27.4. The molecule has 10 heteroatoms. The Morgan fingerprint density at radius 3 is 2.72 bits per heavy atom. The van der Waals surface area contributed by atoms with Crippen LogP contribution in [0.3, 0.4) is 0 Å². The second-order valence-electron chi connectivity index (χ2n) is 7.59. The van der Waals surface area contributed by atoms with Gasteiger partial charge < -0.3 is 24.6 Å². The van der Waals surface area contributed by atoms with Gasteiger partial charge in [-0.1, -0.05) is 12.1 Å². The van der Waals surface area contributed by atoms with E-state index in [0.717, 1.165) is 0 Å². The van der Waals surface area contributed by atoms with Gasteiger partial charge in [-0.25, -0.2) is 4.79 Å². The molecule has 1 aromatic carbocycles. The fraction of sp³-hybridized carbons (Fsp3) is 0.579. The molecular formula is C19H22F3N3O4. The van der Waals surface area contributed by atoms with E-state index in [1.54, 1.807) is 15.9 Å². The van der Waals surface area contributed by atoms with Crippen LogP contribution in [-0.2, 0) is 9.53 Å². The molecule has 0 radical (unpaired) electrons. The molecule has 3 heterocycles. The highest BCUT2D eigenvalue weighted by Gasteiger charge is 2.39. The maximum atomic E-state index is 12.9. The molecule has 0 aromatic heterocycles. The van der Waals surface area contributed by atoms with E-state index in [1.807, 2.05) is 0 Å². The Bertz CT molecular complexity index is 788. The van der Waals surface area contributed by atoms with E-state index in [9.17, 15) is 22.8 Å². The third-order valence-electron chi connectivity index (χ3n) is 5.62. The quantitative estimate of drug-likeness (QED) is 0.806. The molecule has 3 unspecified atom stereocenters. The number of hydrogen-bond acceptors (Lipinski definition) is 4. The summed E-state index contributed by atoms with van der Waals surface area (Å²) < 4.78 is 46.9. The van der Waals surface area contributed by atoms with Crippen LogP contribution in [0.1, 0.15) is 24.3 Å². The first-order valence-corrected chi connectivity index (χ1v) is 9.59. The predicted octanol–water partition coefficient (Wildman–Crippen LogP) is 2.08. The average Bonchev–Trinajstić information content (AvgIpc) is 3.16. The lowest BCUT2D eigenvalue weighted by Gasteiger charge is -2.42. The molecule has 29 heavy (non-hydrogen) atoms. The summed E-state index contributed by atoms with van der Waals surface area (Å²) in [5.41, 5.74) is 0.716. The van der Waals surface area contributed by atoms with Gasteiger partial charge in [-0.15, -0.1) is 13.2 Å². The second kappa shape index (κ2) is 7.74. The summed E-state index contributed by atoms with van der Waals surface area (Å²) in [6.07, 6.45) is -3.48. The minimum absolute atomic E-state index is 0.0500. The van der Waals surface area contributed by atoms with Crippen LogP contribution in [0.4, 0.5) is 18.0 Å². The van der Waals surface area contributed by atoms with Crippen molar-refractivity contribution < 1.29 is 32.2 Å². The van der Waals surface area contributed by atoms with Crippen molar-refractivity contribution in [3.63, 3.8) is 0 Å². The number of carbonyl (C=O) groups excluding carboxylic acids is 2. The van der Waals surface area contributed by atoms with Crippen molar-refractivity contribution in [1.82, 2.24) is 15.1 Å². The van der Waals surface area contributed by atoms with Crippen molar-refractivity contribution in [2.75, 3.05) is 32.8 Å². The fourth-order valence-corrected chi connectivity index (χ4v) is 4.25. The third kappa shape index (κ3) is 4.58. The van der Waals surface area contributed by atoms with Crippen LogP contribution in [0.15, 0.2) is 24.3 Å². The molecule has 3 atom stereocenters. The molecule has 3 amide bonds. The molecule has 0 aliphatic carbocycles. The van der Waals surface area contributed by atoms with Gasteiger partial charge in [-0.05, 0) is 30.5 Å². The zero-order valence-electron chi connectivity index (χ0n) is 15.7. The lowest BCUT2D eigenvalue weighted by Crippen LogP contribution is -2.62. The summed E-state index contributed by atoms with van der Waals surface area (Å²) >= 11 is 0. The summed E-state index contributed by atoms with van der Waals surface area (Å²) in [7, 11) is 0. The van der Waals surface area contributed by atoms with Crippen molar-refractivity contribution in [3.05, 3.63) is 29.8 Å². The number of alkyl halides is 3. The van der Waals surface area contributed by atoms with E-state index < -0.39 is 6.36 Å². The largest absolute Gasteiger partial charge is 0.573 e. The number of halogens is 3. The minimum atomic E-state index is -4.74. The Balaban J connectivity index is 1.37. The fourth-order valence-electron chi connectivity index (χ4n) is 4.25. The first-order chi connectivity index (χ1) is 13.8. The Hall–Kier alpha value is -2.49. The van der Waals surface area contributed by atoms with Gasteiger partial charge in [-0.3, -0.25) is 4.79 Å². The Labute approximate surface area is 165 Å². The standard InChI is InChI=1S/C19H22F3N3O4/c20-19(21,22)29-14-3-1-2-12(8-14)13-4-6-24(9-13)18(27)25-7-5-16-15(10-25)23-17(26)11-28-16/h1-3,8,13,15-16H,4-7,9-11H2,(H,23,26). The Kier molecular flexibility index (Phi) is 5.28. The molecule has 7 nitrogen and oxygen atoms in total. The number of nitrogens with zero attached hydrogens (tertiary/aromatic N) is 2. The predicted molar refractivity (Wildman–Crippen MR) is 95.3 cm³/mol.